The highest BCUT2D eigenvalue weighted by molar-refractivity contribution is 6.30. The lowest BCUT2D eigenvalue weighted by atomic mass is 10.2. The Kier molecular flexibility index (Phi) is 4.02. The monoisotopic (exact) mass is 301 g/mol. The zero-order valence-electron chi connectivity index (χ0n) is 11.2. The van der Waals surface area contributed by atoms with Gasteiger partial charge in [0.05, 0.1) is 6.61 Å². The van der Waals surface area contributed by atoms with Gasteiger partial charge in [-0.05, 0) is 29.8 Å². The van der Waals surface area contributed by atoms with Gasteiger partial charge in [-0.1, -0.05) is 35.9 Å². The molecule has 3 aromatic rings. The van der Waals surface area contributed by atoms with Crippen LogP contribution in [0.4, 0.5) is 4.39 Å². The molecule has 3 rings (SSSR count). The largest absolute Gasteiger partial charge is 0.477 e. The molecule has 0 aliphatic rings. The second-order valence-electron chi connectivity index (χ2n) is 4.69. The van der Waals surface area contributed by atoms with Crippen LogP contribution in [0.15, 0.2) is 54.6 Å². The molecule has 0 amide bonds. The van der Waals surface area contributed by atoms with Crippen molar-refractivity contribution in [2.45, 2.75) is 6.42 Å². The van der Waals surface area contributed by atoms with Gasteiger partial charge in [-0.15, -0.1) is 0 Å². The van der Waals surface area contributed by atoms with E-state index in [0.29, 0.717) is 23.0 Å². The fourth-order valence-electron chi connectivity index (χ4n) is 2.14. The van der Waals surface area contributed by atoms with Crippen molar-refractivity contribution in [2.24, 2.45) is 0 Å². The Bertz CT molecular complexity index is 776. The number of aromatic nitrogens is 1. The van der Waals surface area contributed by atoms with Crippen LogP contribution in [0.1, 0.15) is 5.56 Å². The molecule has 1 aromatic heterocycles. The van der Waals surface area contributed by atoms with Crippen LogP contribution in [0.2, 0.25) is 5.02 Å². The maximum atomic E-state index is 13.7. The molecule has 2 aromatic carbocycles. The van der Waals surface area contributed by atoms with E-state index < -0.39 is 0 Å². The maximum Gasteiger partial charge on any atom is 0.213 e. The molecule has 0 aliphatic carbocycles. The number of ether oxygens (including phenoxy) is 1. The van der Waals surface area contributed by atoms with Crippen molar-refractivity contribution in [3.63, 3.8) is 0 Å². The summed E-state index contributed by atoms with van der Waals surface area (Å²) in [6.45, 7) is 0.466. The predicted molar refractivity (Wildman–Crippen MR) is 82.4 cm³/mol. The molecular formula is C17H13ClFNO. The molecule has 2 nitrogen and oxygen atoms in total. The Hall–Kier alpha value is -2.13. The van der Waals surface area contributed by atoms with E-state index in [1.807, 2.05) is 30.3 Å². The van der Waals surface area contributed by atoms with Crippen molar-refractivity contribution in [3.05, 3.63) is 71.0 Å². The van der Waals surface area contributed by atoms with Crippen LogP contribution in [-0.4, -0.2) is 11.6 Å². The number of benzene rings is 2. The first kappa shape index (κ1) is 13.8. The van der Waals surface area contributed by atoms with Crippen LogP contribution in [0.3, 0.4) is 0 Å². The molecule has 0 spiro atoms. The smallest absolute Gasteiger partial charge is 0.213 e. The van der Waals surface area contributed by atoms with Gasteiger partial charge in [0.15, 0.2) is 0 Å². The molecule has 106 valence electrons. The Labute approximate surface area is 127 Å². The summed E-state index contributed by atoms with van der Waals surface area (Å²) in [5.74, 6) is 0.0856. The van der Waals surface area contributed by atoms with Crippen LogP contribution in [-0.2, 0) is 6.42 Å². The first-order valence-corrected chi connectivity index (χ1v) is 7.03. The van der Waals surface area contributed by atoms with Gasteiger partial charge < -0.3 is 4.74 Å². The summed E-state index contributed by atoms with van der Waals surface area (Å²) in [7, 11) is 0. The highest BCUT2D eigenvalue weighted by Crippen LogP contribution is 2.19. The topological polar surface area (TPSA) is 22.1 Å². The van der Waals surface area contributed by atoms with Crippen LogP contribution in [0.5, 0.6) is 5.88 Å². The minimum atomic E-state index is -0.340. The highest BCUT2D eigenvalue weighted by Gasteiger charge is 2.04. The zero-order chi connectivity index (χ0) is 14.7. The second-order valence-corrected chi connectivity index (χ2v) is 5.13. The average molecular weight is 302 g/mol. The summed E-state index contributed by atoms with van der Waals surface area (Å²) in [6.07, 6.45) is 0.720. The molecule has 0 aliphatic heterocycles. The normalized spacial score (nSPS) is 10.8. The first-order valence-electron chi connectivity index (χ1n) is 6.65. The standard InChI is InChI=1S/C17H13ClFNO/c18-14-5-1-3-12(11-14)9-10-21-16-8-7-13-4-2-6-15(19)17(13)20-16/h1-8,11H,9-10H2. The number of hydrogen-bond acceptors (Lipinski definition) is 2. The Morgan fingerprint density at radius 2 is 1.90 bits per heavy atom. The van der Waals surface area contributed by atoms with E-state index in [9.17, 15) is 4.39 Å². The Morgan fingerprint density at radius 1 is 1.05 bits per heavy atom. The molecule has 0 N–H and O–H groups in total. The third-order valence-electron chi connectivity index (χ3n) is 3.18. The van der Waals surface area contributed by atoms with Crippen molar-refractivity contribution in [1.82, 2.24) is 4.98 Å². The van der Waals surface area contributed by atoms with E-state index in [1.54, 1.807) is 18.2 Å². The van der Waals surface area contributed by atoms with E-state index >= 15 is 0 Å². The van der Waals surface area contributed by atoms with E-state index in [2.05, 4.69) is 4.98 Å². The molecule has 0 saturated heterocycles. The van der Waals surface area contributed by atoms with Crippen LogP contribution in [0, 0.1) is 5.82 Å². The summed E-state index contributed by atoms with van der Waals surface area (Å²) < 4.78 is 19.3. The van der Waals surface area contributed by atoms with Gasteiger partial charge in [-0.2, -0.15) is 0 Å². The molecule has 0 radical (unpaired) electrons. The van der Waals surface area contributed by atoms with Crippen molar-refractivity contribution in [2.75, 3.05) is 6.61 Å². The SMILES string of the molecule is Fc1cccc2ccc(OCCc3cccc(Cl)c3)nc12. The molecule has 0 fully saturated rings. The quantitative estimate of drug-likeness (QED) is 0.700. The number of rotatable bonds is 4. The number of pyridine rings is 1. The molecule has 21 heavy (non-hydrogen) atoms. The van der Waals surface area contributed by atoms with Gasteiger partial charge in [0, 0.05) is 22.9 Å². The van der Waals surface area contributed by atoms with E-state index in [-0.39, 0.29) is 5.82 Å². The van der Waals surface area contributed by atoms with E-state index in [1.165, 1.54) is 6.07 Å². The highest BCUT2D eigenvalue weighted by atomic mass is 35.5. The summed E-state index contributed by atoms with van der Waals surface area (Å²) in [4.78, 5) is 4.20. The molecule has 0 saturated carbocycles. The minimum absolute atomic E-state index is 0.331. The zero-order valence-corrected chi connectivity index (χ0v) is 12.0. The lowest BCUT2D eigenvalue weighted by Gasteiger charge is -2.07. The Balaban J connectivity index is 1.69. The lowest BCUT2D eigenvalue weighted by Crippen LogP contribution is -2.03. The van der Waals surface area contributed by atoms with Crippen molar-refractivity contribution >= 4 is 22.5 Å². The lowest BCUT2D eigenvalue weighted by molar-refractivity contribution is 0.310. The first-order chi connectivity index (χ1) is 10.2. The number of para-hydroxylation sites is 1. The average Bonchev–Trinajstić information content (AvgIpc) is 2.48. The van der Waals surface area contributed by atoms with E-state index in [4.69, 9.17) is 16.3 Å². The minimum Gasteiger partial charge on any atom is -0.477 e. The van der Waals surface area contributed by atoms with Crippen LogP contribution < -0.4 is 4.74 Å². The third kappa shape index (κ3) is 3.31. The molecule has 1 heterocycles. The summed E-state index contributed by atoms with van der Waals surface area (Å²) in [5.41, 5.74) is 1.42. The molecule has 0 atom stereocenters. The fourth-order valence-corrected chi connectivity index (χ4v) is 2.35. The van der Waals surface area contributed by atoms with E-state index in [0.717, 1.165) is 17.4 Å². The van der Waals surface area contributed by atoms with Gasteiger partial charge in [-0.25, -0.2) is 9.37 Å². The number of nitrogens with zero attached hydrogens (tertiary/aromatic N) is 1. The predicted octanol–water partition coefficient (Wildman–Crippen LogP) is 4.65. The van der Waals surface area contributed by atoms with Crippen molar-refractivity contribution < 1.29 is 9.13 Å². The van der Waals surface area contributed by atoms with Gasteiger partial charge in [-0.3, -0.25) is 0 Å². The van der Waals surface area contributed by atoms with Gasteiger partial charge >= 0.3 is 0 Å². The van der Waals surface area contributed by atoms with Crippen molar-refractivity contribution in [3.8, 4) is 5.88 Å². The number of halogens is 2. The Morgan fingerprint density at radius 3 is 2.76 bits per heavy atom. The molecule has 4 heteroatoms. The van der Waals surface area contributed by atoms with Gasteiger partial charge in [0.1, 0.15) is 11.3 Å². The summed E-state index contributed by atoms with van der Waals surface area (Å²) in [5, 5.41) is 1.47. The van der Waals surface area contributed by atoms with Gasteiger partial charge in [0.25, 0.3) is 0 Å². The molecule has 0 bridgehead atoms. The van der Waals surface area contributed by atoms with Crippen LogP contribution >= 0.6 is 11.6 Å². The van der Waals surface area contributed by atoms with Gasteiger partial charge in [0.2, 0.25) is 5.88 Å². The summed E-state index contributed by atoms with van der Waals surface area (Å²) in [6, 6.07) is 16.1. The van der Waals surface area contributed by atoms with Crippen molar-refractivity contribution in [1.29, 1.82) is 0 Å². The summed E-state index contributed by atoms with van der Waals surface area (Å²) >= 11 is 5.93. The number of hydrogen-bond donors (Lipinski definition) is 0. The number of fused-ring (bicyclic) bond motifs is 1. The third-order valence-corrected chi connectivity index (χ3v) is 3.41. The molecule has 0 unspecified atom stereocenters. The fraction of sp³-hybridized carbons (Fsp3) is 0.118. The second kappa shape index (κ2) is 6.10. The maximum absolute atomic E-state index is 13.7. The van der Waals surface area contributed by atoms with Crippen LogP contribution in [0.25, 0.3) is 10.9 Å². The molecular weight excluding hydrogens is 289 g/mol.